The largest absolute Gasteiger partial charge is 0.478 e. The van der Waals surface area contributed by atoms with Crippen LogP contribution in [0.3, 0.4) is 0 Å². The maximum atomic E-state index is 14.7. The summed E-state index contributed by atoms with van der Waals surface area (Å²) in [4.78, 5) is 11.0. The zero-order valence-electron chi connectivity index (χ0n) is 16.1. The molecule has 0 fully saturated rings. The lowest BCUT2D eigenvalue weighted by Gasteiger charge is -2.21. The first-order chi connectivity index (χ1) is 14.8. The highest BCUT2D eigenvalue weighted by molar-refractivity contribution is 6.42. The van der Waals surface area contributed by atoms with Gasteiger partial charge in [-0.2, -0.15) is 26.3 Å². The molecule has 13 heteroatoms. The Kier molecular flexibility index (Phi) is 7.40. The van der Waals surface area contributed by atoms with E-state index in [1.807, 2.05) is 0 Å². The Morgan fingerprint density at radius 2 is 1.55 bits per heavy atom. The van der Waals surface area contributed by atoms with Gasteiger partial charge in [0.25, 0.3) is 5.92 Å². The van der Waals surface area contributed by atoms with Gasteiger partial charge in [-0.1, -0.05) is 29.3 Å². The van der Waals surface area contributed by atoms with Gasteiger partial charge in [0.05, 0.1) is 21.2 Å². The minimum Gasteiger partial charge on any atom is -0.478 e. The first-order valence-electron chi connectivity index (χ1n) is 8.60. The second-order valence-corrected chi connectivity index (χ2v) is 7.63. The standard InChI is InChI=1S/C20H11Cl2F9O2/c1-18(24,25)13-5-9(6-14(21)16(13)22)11(19(26,27)28)7-15(23)8-2-3-10(17(32)33)12(4-8)20(29,30)31/h2-7,11H,1H3,(H,32,33)/b15-7-. The second kappa shape index (κ2) is 9.09. The van der Waals surface area contributed by atoms with Crippen LogP contribution in [-0.4, -0.2) is 17.3 Å². The molecule has 0 amide bonds. The van der Waals surface area contributed by atoms with Crippen LogP contribution in [0.4, 0.5) is 39.5 Å². The Balaban J connectivity index is 2.69. The lowest BCUT2D eigenvalue weighted by Crippen LogP contribution is -2.20. The number of allylic oxidation sites excluding steroid dienone is 1. The first-order valence-corrected chi connectivity index (χ1v) is 9.35. The normalized spacial score (nSPS) is 14.4. The number of rotatable bonds is 5. The first kappa shape index (κ1) is 26.8. The molecule has 1 N–H and O–H groups in total. The average molecular weight is 525 g/mol. The molecule has 0 aliphatic rings. The Labute approximate surface area is 190 Å². The van der Waals surface area contributed by atoms with Gasteiger partial charge in [-0.25, -0.2) is 18.0 Å². The van der Waals surface area contributed by atoms with E-state index in [0.717, 1.165) is 0 Å². The van der Waals surface area contributed by atoms with E-state index in [1.54, 1.807) is 0 Å². The molecule has 2 aromatic carbocycles. The summed E-state index contributed by atoms with van der Waals surface area (Å²) in [6.07, 6.45) is -10.7. The zero-order valence-corrected chi connectivity index (χ0v) is 17.6. The maximum absolute atomic E-state index is 14.7. The fourth-order valence-corrected chi connectivity index (χ4v) is 3.35. The highest BCUT2D eigenvalue weighted by Gasteiger charge is 2.42. The predicted octanol–water partition coefficient (Wildman–Crippen LogP) is 8.48. The van der Waals surface area contributed by atoms with Crippen molar-refractivity contribution in [3.63, 3.8) is 0 Å². The molecule has 2 aromatic rings. The Morgan fingerprint density at radius 1 is 0.970 bits per heavy atom. The van der Waals surface area contributed by atoms with Crippen molar-refractivity contribution in [2.75, 3.05) is 0 Å². The average Bonchev–Trinajstić information content (AvgIpc) is 2.64. The summed E-state index contributed by atoms with van der Waals surface area (Å²) in [7, 11) is 0. The summed E-state index contributed by atoms with van der Waals surface area (Å²) in [5, 5.41) is 7.45. The van der Waals surface area contributed by atoms with Crippen molar-refractivity contribution < 1.29 is 49.4 Å². The molecule has 2 rings (SSSR count). The Hall–Kier alpha value is -2.40. The van der Waals surface area contributed by atoms with E-state index in [9.17, 15) is 44.3 Å². The molecule has 0 radical (unpaired) electrons. The van der Waals surface area contributed by atoms with E-state index in [-0.39, 0.29) is 12.1 Å². The van der Waals surface area contributed by atoms with E-state index < -0.39 is 73.9 Å². The Morgan fingerprint density at radius 3 is 2.00 bits per heavy atom. The molecule has 0 aliphatic heterocycles. The molecule has 33 heavy (non-hydrogen) atoms. The SMILES string of the molecule is CC(F)(F)c1cc(C(/C=C(\F)c2ccc(C(=O)O)c(C(F)(F)F)c2)C(F)(F)F)cc(Cl)c1Cl. The van der Waals surface area contributed by atoms with Crippen LogP contribution in [0.25, 0.3) is 5.83 Å². The number of halogens is 11. The number of carbonyl (C=O) groups is 1. The van der Waals surface area contributed by atoms with E-state index >= 15 is 0 Å². The van der Waals surface area contributed by atoms with E-state index in [0.29, 0.717) is 31.2 Å². The molecule has 180 valence electrons. The van der Waals surface area contributed by atoms with Gasteiger partial charge in [0.1, 0.15) is 11.7 Å². The number of benzene rings is 2. The summed E-state index contributed by atoms with van der Waals surface area (Å²) in [6, 6.07) is 1.90. The Bertz CT molecular complexity index is 1100. The molecular formula is C20H11Cl2F9O2. The third-order valence-electron chi connectivity index (χ3n) is 4.38. The van der Waals surface area contributed by atoms with Crippen LogP contribution in [0.5, 0.6) is 0 Å². The van der Waals surface area contributed by atoms with Gasteiger partial charge >= 0.3 is 18.3 Å². The molecule has 0 bridgehead atoms. The summed E-state index contributed by atoms with van der Waals surface area (Å²) < 4.78 is 122. The van der Waals surface area contributed by atoms with E-state index in [2.05, 4.69) is 0 Å². The van der Waals surface area contributed by atoms with Gasteiger partial charge in [0.2, 0.25) is 0 Å². The zero-order chi connectivity index (χ0) is 25.5. The van der Waals surface area contributed by atoms with Crippen LogP contribution in [0.2, 0.25) is 10.0 Å². The lowest BCUT2D eigenvalue weighted by atomic mass is 9.93. The monoisotopic (exact) mass is 524 g/mol. The lowest BCUT2D eigenvalue weighted by molar-refractivity contribution is -0.140. The fraction of sp³-hybridized carbons (Fsp3) is 0.250. The predicted molar refractivity (Wildman–Crippen MR) is 102 cm³/mol. The van der Waals surface area contributed by atoms with Crippen LogP contribution in [0.1, 0.15) is 45.5 Å². The van der Waals surface area contributed by atoms with Crippen LogP contribution < -0.4 is 0 Å². The molecule has 1 atom stereocenters. The molecule has 2 nitrogen and oxygen atoms in total. The number of carboxylic acid groups (broad SMARTS) is 1. The molecule has 0 saturated heterocycles. The third kappa shape index (κ3) is 6.14. The van der Waals surface area contributed by atoms with Crippen LogP contribution in [0, 0.1) is 0 Å². The van der Waals surface area contributed by atoms with Gasteiger partial charge in [-0.15, -0.1) is 0 Å². The molecular weight excluding hydrogens is 514 g/mol. The highest BCUT2D eigenvalue weighted by Crippen LogP contribution is 2.44. The number of hydrogen-bond donors (Lipinski definition) is 1. The van der Waals surface area contributed by atoms with Gasteiger partial charge in [-0.05, 0) is 35.9 Å². The van der Waals surface area contributed by atoms with E-state index in [1.165, 1.54) is 0 Å². The van der Waals surface area contributed by atoms with Crippen LogP contribution in [-0.2, 0) is 12.1 Å². The maximum Gasteiger partial charge on any atom is 0.417 e. The van der Waals surface area contributed by atoms with Crippen molar-refractivity contribution in [2.45, 2.75) is 31.1 Å². The van der Waals surface area contributed by atoms with Crippen LogP contribution >= 0.6 is 23.2 Å². The summed E-state index contributed by atoms with van der Waals surface area (Å²) >= 11 is 11.3. The third-order valence-corrected chi connectivity index (χ3v) is 5.18. The molecule has 0 saturated carbocycles. The number of carboxylic acids is 1. The van der Waals surface area contributed by atoms with Gasteiger partial charge < -0.3 is 5.11 Å². The highest BCUT2D eigenvalue weighted by atomic mass is 35.5. The van der Waals surface area contributed by atoms with Gasteiger partial charge in [-0.3, -0.25) is 0 Å². The number of alkyl halides is 8. The van der Waals surface area contributed by atoms with Crippen molar-refractivity contribution in [2.24, 2.45) is 0 Å². The summed E-state index contributed by atoms with van der Waals surface area (Å²) in [5.41, 5.74) is -6.06. The molecule has 0 aliphatic carbocycles. The molecule has 0 heterocycles. The summed E-state index contributed by atoms with van der Waals surface area (Å²) in [5.74, 6) is -10.4. The smallest absolute Gasteiger partial charge is 0.417 e. The van der Waals surface area contributed by atoms with Crippen molar-refractivity contribution in [3.8, 4) is 0 Å². The van der Waals surface area contributed by atoms with E-state index in [4.69, 9.17) is 28.3 Å². The minimum absolute atomic E-state index is 0.0309. The van der Waals surface area contributed by atoms with Gasteiger partial charge in [0, 0.05) is 18.1 Å². The van der Waals surface area contributed by atoms with Gasteiger partial charge in [0.15, 0.2) is 0 Å². The molecule has 1 unspecified atom stereocenters. The van der Waals surface area contributed by atoms with Crippen molar-refractivity contribution in [1.82, 2.24) is 0 Å². The minimum atomic E-state index is -5.28. The molecule has 0 spiro atoms. The fourth-order valence-electron chi connectivity index (χ4n) is 2.85. The summed E-state index contributed by atoms with van der Waals surface area (Å²) in [6.45, 7) is 0.343. The van der Waals surface area contributed by atoms with Crippen LogP contribution in [0.15, 0.2) is 36.4 Å². The number of aromatic carboxylic acids is 1. The second-order valence-electron chi connectivity index (χ2n) is 6.85. The van der Waals surface area contributed by atoms with Crippen molar-refractivity contribution in [3.05, 3.63) is 74.3 Å². The molecule has 0 aromatic heterocycles. The topological polar surface area (TPSA) is 37.3 Å². The van der Waals surface area contributed by atoms with Crippen molar-refractivity contribution >= 4 is 35.0 Å². The quantitative estimate of drug-likeness (QED) is 0.398. The number of hydrogen-bond acceptors (Lipinski definition) is 1. The van der Waals surface area contributed by atoms with Crippen molar-refractivity contribution in [1.29, 1.82) is 0 Å².